The lowest BCUT2D eigenvalue weighted by atomic mass is 10.1. The highest BCUT2D eigenvalue weighted by Crippen LogP contribution is 2.28. The summed E-state index contributed by atoms with van der Waals surface area (Å²) in [5.41, 5.74) is -0.0851. The van der Waals surface area contributed by atoms with Crippen LogP contribution in [0.3, 0.4) is 0 Å². The van der Waals surface area contributed by atoms with E-state index in [4.69, 9.17) is 0 Å². The van der Waals surface area contributed by atoms with Crippen molar-refractivity contribution in [1.82, 2.24) is 10.6 Å². The molecule has 0 fully saturated rings. The van der Waals surface area contributed by atoms with Crippen LogP contribution < -0.4 is 10.6 Å². The number of carbonyl (C=O) groups excluding carboxylic acids is 1. The van der Waals surface area contributed by atoms with Crippen molar-refractivity contribution < 1.29 is 18.0 Å². The van der Waals surface area contributed by atoms with Gasteiger partial charge in [0.05, 0.1) is 5.56 Å². The van der Waals surface area contributed by atoms with Crippen molar-refractivity contribution in [3.8, 4) is 0 Å². The summed E-state index contributed by atoms with van der Waals surface area (Å²) in [6.07, 6.45) is -3.59. The smallest absolute Gasteiger partial charge is 0.338 e. The van der Waals surface area contributed by atoms with Gasteiger partial charge in [0.2, 0.25) is 0 Å². The highest BCUT2D eigenvalue weighted by atomic mass is 32.1. The molecule has 0 unspecified atom stereocenters. The Labute approximate surface area is 130 Å². The van der Waals surface area contributed by atoms with Crippen molar-refractivity contribution in [2.75, 3.05) is 6.54 Å². The van der Waals surface area contributed by atoms with Gasteiger partial charge < -0.3 is 10.6 Å². The van der Waals surface area contributed by atoms with Gasteiger partial charge in [-0.15, -0.1) is 11.3 Å². The Morgan fingerprint density at radius 1 is 1.09 bits per heavy atom. The summed E-state index contributed by atoms with van der Waals surface area (Å²) in [5.74, 6) is 0. The van der Waals surface area contributed by atoms with Gasteiger partial charge in [0.25, 0.3) is 0 Å². The maximum Gasteiger partial charge on any atom is 0.416 e. The SMILES string of the molecule is O=C(NCCc1cccs1)NCc1ccc(C(F)(F)F)cc1. The molecule has 1 aromatic carbocycles. The average Bonchev–Trinajstić information content (AvgIpc) is 2.98. The Morgan fingerprint density at radius 2 is 1.82 bits per heavy atom. The molecule has 118 valence electrons. The summed E-state index contributed by atoms with van der Waals surface area (Å²) in [5, 5.41) is 7.29. The standard InChI is InChI=1S/C15H15F3N2OS/c16-15(17,18)12-5-3-11(4-6-12)10-20-14(21)19-8-7-13-2-1-9-22-13/h1-6,9H,7-8,10H2,(H2,19,20,21). The van der Waals surface area contributed by atoms with Gasteiger partial charge >= 0.3 is 12.2 Å². The van der Waals surface area contributed by atoms with Crippen molar-refractivity contribution in [2.24, 2.45) is 0 Å². The Kier molecular flexibility index (Phi) is 5.43. The van der Waals surface area contributed by atoms with Gasteiger partial charge in [-0.3, -0.25) is 0 Å². The molecule has 1 aromatic heterocycles. The molecule has 22 heavy (non-hydrogen) atoms. The third-order valence-electron chi connectivity index (χ3n) is 2.97. The summed E-state index contributed by atoms with van der Waals surface area (Å²) in [6.45, 7) is 0.697. The van der Waals surface area contributed by atoms with E-state index < -0.39 is 11.7 Å². The lowest BCUT2D eigenvalue weighted by Gasteiger charge is -2.09. The average molecular weight is 328 g/mol. The van der Waals surface area contributed by atoms with Crippen LogP contribution in [0.5, 0.6) is 0 Å². The fourth-order valence-corrected chi connectivity index (χ4v) is 2.52. The third kappa shape index (κ3) is 5.07. The maximum atomic E-state index is 12.4. The predicted molar refractivity (Wildman–Crippen MR) is 79.7 cm³/mol. The van der Waals surface area contributed by atoms with E-state index in [1.165, 1.54) is 17.0 Å². The van der Waals surface area contributed by atoms with Gasteiger partial charge in [-0.2, -0.15) is 13.2 Å². The minimum Gasteiger partial charge on any atom is -0.338 e. The van der Waals surface area contributed by atoms with Crippen LogP contribution in [0.4, 0.5) is 18.0 Å². The third-order valence-corrected chi connectivity index (χ3v) is 3.91. The number of carbonyl (C=O) groups is 1. The van der Waals surface area contributed by atoms with Crippen LogP contribution in [0.1, 0.15) is 16.0 Å². The first kappa shape index (κ1) is 16.4. The zero-order chi connectivity index (χ0) is 16.0. The number of hydrogen-bond donors (Lipinski definition) is 2. The van der Waals surface area contributed by atoms with Crippen LogP contribution in [0.15, 0.2) is 41.8 Å². The Hall–Kier alpha value is -2.02. The minimum atomic E-state index is -4.34. The van der Waals surface area contributed by atoms with E-state index in [9.17, 15) is 18.0 Å². The molecule has 2 rings (SSSR count). The van der Waals surface area contributed by atoms with Crippen LogP contribution in [-0.2, 0) is 19.1 Å². The van der Waals surface area contributed by atoms with Crippen LogP contribution in [0, 0.1) is 0 Å². The van der Waals surface area contributed by atoms with E-state index in [0.717, 1.165) is 18.6 Å². The van der Waals surface area contributed by atoms with Gasteiger partial charge in [-0.1, -0.05) is 18.2 Å². The number of alkyl halides is 3. The number of rotatable bonds is 5. The zero-order valence-electron chi connectivity index (χ0n) is 11.6. The molecule has 2 amide bonds. The number of urea groups is 1. The summed E-state index contributed by atoms with van der Waals surface area (Å²) in [6, 6.07) is 8.33. The second kappa shape index (κ2) is 7.31. The number of benzene rings is 1. The number of nitrogens with one attached hydrogen (secondary N) is 2. The van der Waals surface area contributed by atoms with Gasteiger partial charge in [0, 0.05) is 18.0 Å². The van der Waals surface area contributed by atoms with Crippen molar-refractivity contribution in [3.63, 3.8) is 0 Å². The van der Waals surface area contributed by atoms with Crippen LogP contribution in [-0.4, -0.2) is 12.6 Å². The normalized spacial score (nSPS) is 11.2. The van der Waals surface area contributed by atoms with E-state index in [-0.39, 0.29) is 12.6 Å². The topological polar surface area (TPSA) is 41.1 Å². The second-order valence-electron chi connectivity index (χ2n) is 4.63. The second-order valence-corrected chi connectivity index (χ2v) is 5.67. The Morgan fingerprint density at radius 3 is 2.41 bits per heavy atom. The van der Waals surface area contributed by atoms with Gasteiger partial charge in [-0.25, -0.2) is 4.79 Å². The van der Waals surface area contributed by atoms with Crippen LogP contribution in [0.25, 0.3) is 0 Å². The first-order valence-corrected chi connectivity index (χ1v) is 7.53. The highest BCUT2D eigenvalue weighted by molar-refractivity contribution is 7.09. The lowest BCUT2D eigenvalue weighted by Crippen LogP contribution is -2.36. The molecular formula is C15H15F3N2OS. The summed E-state index contributed by atoms with van der Waals surface area (Å²) >= 11 is 1.62. The van der Waals surface area contributed by atoms with Crippen LogP contribution in [0.2, 0.25) is 0 Å². The Bertz CT molecular complexity index is 594. The van der Waals surface area contributed by atoms with E-state index >= 15 is 0 Å². The fourth-order valence-electron chi connectivity index (χ4n) is 1.81. The molecule has 7 heteroatoms. The first-order valence-electron chi connectivity index (χ1n) is 6.65. The molecule has 0 spiro atoms. The van der Waals surface area contributed by atoms with Gasteiger partial charge in [-0.05, 0) is 35.6 Å². The molecule has 0 radical (unpaired) electrons. The number of thiophene rings is 1. The minimum absolute atomic E-state index is 0.184. The molecule has 0 aliphatic carbocycles. The predicted octanol–water partition coefficient (Wildman–Crippen LogP) is 3.81. The first-order chi connectivity index (χ1) is 10.4. The van der Waals surface area contributed by atoms with E-state index in [1.54, 1.807) is 11.3 Å². The van der Waals surface area contributed by atoms with E-state index in [1.807, 2.05) is 17.5 Å². The van der Waals surface area contributed by atoms with E-state index in [2.05, 4.69) is 10.6 Å². The molecule has 3 nitrogen and oxygen atoms in total. The van der Waals surface area contributed by atoms with Crippen molar-refractivity contribution >= 4 is 17.4 Å². The molecule has 0 atom stereocenters. The largest absolute Gasteiger partial charge is 0.416 e. The maximum absolute atomic E-state index is 12.4. The Balaban J connectivity index is 1.71. The van der Waals surface area contributed by atoms with Crippen molar-refractivity contribution in [3.05, 3.63) is 57.8 Å². The highest BCUT2D eigenvalue weighted by Gasteiger charge is 2.29. The molecule has 0 aliphatic rings. The fraction of sp³-hybridized carbons (Fsp3) is 0.267. The number of hydrogen-bond acceptors (Lipinski definition) is 2. The number of amides is 2. The summed E-state index contributed by atoms with van der Waals surface area (Å²) < 4.78 is 37.2. The van der Waals surface area contributed by atoms with Crippen molar-refractivity contribution in [1.29, 1.82) is 0 Å². The lowest BCUT2D eigenvalue weighted by molar-refractivity contribution is -0.137. The molecule has 2 aromatic rings. The zero-order valence-corrected chi connectivity index (χ0v) is 12.4. The quantitative estimate of drug-likeness (QED) is 0.861. The molecule has 2 N–H and O–H groups in total. The molecule has 0 saturated heterocycles. The van der Waals surface area contributed by atoms with Gasteiger partial charge in [0.15, 0.2) is 0 Å². The van der Waals surface area contributed by atoms with E-state index in [0.29, 0.717) is 12.1 Å². The molecule has 0 bridgehead atoms. The monoisotopic (exact) mass is 328 g/mol. The number of halogens is 3. The molecule has 1 heterocycles. The van der Waals surface area contributed by atoms with Gasteiger partial charge in [0.1, 0.15) is 0 Å². The molecular weight excluding hydrogens is 313 g/mol. The summed E-state index contributed by atoms with van der Waals surface area (Å²) in [4.78, 5) is 12.8. The molecule has 0 aliphatic heterocycles. The van der Waals surface area contributed by atoms with Crippen LogP contribution >= 0.6 is 11.3 Å². The van der Waals surface area contributed by atoms with Crippen molar-refractivity contribution in [2.45, 2.75) is 19.1 Å². The summed E-state index contributed by atoms with van der Waals surface area (Å²) in [7, 11) is 0. The molecule has 0 saturated carbocycles.